The molecule has 1 saturated heterocycles. The van der Waals surface area contributed by atoms with E-state index in [1.807, 2.05) is 12.1 Å². The highest BCUT2D eigenvalue weighted by Crippen LogP contribution is 2.23. The first-order valence-electron chi connectivity index (χ1n) is 7.08. The van der Waals surface area contributed by atoms with Gasteiger partial charge in [-0.1, -0.05) is 12.1 Å². The Labute approximate surface area is 119 Å². The molecule has 0 saturated carbocycles. The Bertz CT molecular complexity index is 439. The van der Waals surface area contributed by atoms with Crippen molar-refractivity contribution in [3.05, 3.63) is 29.8 Å². The van der Waals surface area contributed by atoms with Crippen molar-refractivity contribution < 1.29 is 9.90 Å². The van der Waals surface area contributed by atoms with Crippen molar-refractivity contribution in [1.82, 2.24) is 4.90 Å². The molecule has 20 heavy (non-hydrogen) atoms. The lowest BCUT2D eigenvalue weighted by Gasteiger charge is -2.32. The Kier molecular flexibility index (Phi) is 4.98. The molecule has 1 aliphatic heterocycles. The van der Waals surface area contributed by atoms with Crippen LogP contribution < -0.4 is 11.5 Å². The molecule has 0 spiro atoms. The van der Waals surface area contributed by atoms with E-state index in [2.05, 4.69) is 4.90 Å². The lowest BCUT2D eigenvalue weighted by molar-refractivity contribution is -0.119. The van der Waals surface area contributed by atoms with Crippen LogP contribution in [-0.2, 0) is 4.79 Å². The molecule has 5 N–H and O–H groups in total. The zero-order valence-corrected chi connectivity index (χ0v) is 11.7. The summed E-state index contributed by atoms with van der Waals surface area (Å²) in [6, 6.07) is 7.33. The molecule has 0 bridgehead atoms. The molecule has 1 atom stereocenters. The molecule has 2 rings (SSSR count). The molecule has 1 fully saturated rings. The fraction of sp³-hybridized carbons (Fsp3) is 0.533. The topological polar surface area (TPSA) is 92.6 Å². The monoisotopic (exact) mass is 277 g/mol. The highest BCUT2D eigenvalue weighted by Gasteiger charge is 2.22. The molecular formula is C15H23N3O2. The molecule has 1 unspecified atom stereocenters. The van der Waals surface area contributed by atoms with Gasteiger partial charge in [-0.25, -0.2) is 0 Å². The van der Waals surface area contributed by atoms with E-state index in [1.54, 1.807) is 12.1 Å². The summed E-state index contributed by atoms with van der Waals surface area (Å²) in [7, 11) is 0. The van der Waals surface area contributed by atoms with Gasteiger partial charge in [0, 0.05) is 18.7 Å². The van der Waals surface area contributed by atoms with Crippen LogP contribution in [0.1, 0.15) is 30.9 Å². The maximum Gasteiger partial charge on any atom is 0.217 e. The summed E-state index contributed by atoms with van der Waals surface area (Å²) >= 11 is 0. The van der Waals surface area contributed by atoms with Gasteiger partial charge in [-0.05, 0) is 49.5 Å². The lowest BCUT2D eigenvalue weighted by Crippen LogP contribution is -2.37. The fourth-order valence-corrected chi connectivity index (χ4v) is 2.73. The number of aliphatic hydroxyl groups excluding tert-OH is 1. The average Bonchev–Trinajstić information content (AvgIpc) is 2.41. The van der Waals surface area contributed by atoms with Crippen LogP contribution in [0.25, 0.3) is 0 Å². The van der Waals surface area contributed by atoms with Crippen LogP contribution in [0.15, 0.2) is 24.3 Å². The van der Waals surface area contributed by atoms with E-state index in [0.717, 1.165) is 31.5 Å². The number of rotatable bonds is 5. The summed E-state index contributed by atoms with van der Waals surface area (Å²) in [5.41, 5.74) is 12.4. The van der Waals surface area contributed by atoms with Crippen LogP contribution in [0.3, 0.4) is 0 Å². The Balaban J connectivity index is 1.80. The van der Waals surface area contributed by atoms with E-state index in [-0.39, 0.29) is 5.91 Å². The first-order valence-corrected chi connectivity index (χ1v) is 7.08. The van der Waals surface area contributed by atoms with E-state index in [4.69, 9.17) is 11.5 Å². The molecule has 1 heterocycles. The maximum atomic E-state index is 10.9. The number of anilines is 1. The van der Waals surface area contributed by atoms with Crippen molar-refractivity contribution in [2.24, 2.45) is 11.7 Å². The van der Waals surface area contributed by atoms with Crippen LogP contribution in [0.2, 0.25) is 0 Å². The number of hydrogen-bond acceptors (Lipinski definition) is 4. The van der Waals surface area contributed by atoms with Gasteiger partial charge in [-0.2, -0.15) is 0 Å². The van der Waals surface area contributed by atoms with Gasteiger partial charge in [0.25, 0.3) is 0 Å². The number of nitrogens with zero attached hydrogens (tertiary/aromatic N) is 1. The molecule has 0 radical (unpaired) electrons. The van der Waals surface area contributed by atoms with Gasteiger partial charge in [-0.15, -0.1) is 0 Å². The van der Waals surface area contributed by atoms with Gasteiger partial charge in [0.15, 0.2) is 0 Å². The normalized spacial score (nSPS) is 18.9. The van der Waals surface area contributed by atoms with Crippen LogP contribution >= 0.6 is 0 Å². The van der Waals surface area contributed by atoms with Crippen molar-refractivity contribution in [1.29, 1.82) is 0 Å². The summed E-state index contributed by atoms with van der Waals surface area (Å²) in [6.45, 7) is 2.43. The first-order chi connectivity index (χ1) is 9.54. The standard InChI is InChI=1S/C15H23N3O2/c16-13-3-1-12(2-4-13)14(19)10-18-7-5-11(6-8-18)9-15(17)20/h1-4,11,14,19H,5-10,16H2,(H2,17,20). The number of hydrogen-bond donors (Lipinski definition) is 3. The molecule has 110 valence electrons. The van der Waals surface area contributed by atoms with Crippen molar-refractivity contribution >= 4 is 11.6 Å². The predicted octanol–water partition coefficient (Wildman–Crippen LogP) is 0.890. The van der Waals surface area contributed by atoms with Gasteiger partial charge in [0.05, 0.1) is 6.10 Å². The van der Waals surface area contributed by atoms with E-state index in [9.17, 15) is 9.90 Å². The molecule has 5 nitrogen and oxygen atoms in total. The van der Waals surface area contributed by atoms with Crippen LogP contribution in [-0.4, -0.2) is 35.5 Å². The van der Waals surface area contributed by atoms with Crippen LogP contribution in [0.4, 0.5) is 5.69 Å². The number of carbonyl (C=O) groups is 1. The number of benzene rings is 1. The number of carbonyl (C=O) groups excluding carboxylic acids is 1. The quantitative estimate of drug-likeness (QED) is 0.697. The third kappa shape index (κ3) is 4.21. The molecule has 0 aliphatic carbocycles. The molecule has 1 aromatic rings. The highest BCUT2D eigenvalue weighted by atomic mass is 16.3. The van der Waals surface area contributed by atoms with Crippen molar-refractivity contribution in [3.8, 4) is 0 Å². The SMILES string of the molecule is NC(=O)CC1CCN(CC(O)c2ccc(N)cc2)CC1. The molecule has 0 aromatic heterocycles. The van der Waals surface area contributed by atoms with E-state index in [1.165, 1.54) is 0 Å². The Hall–Kier alpha value is -1.59. The second kappa shape index (κ2) is 6.72. The number of primary amides is 1. The number of nitrogens with two attached hydrogens (primary N) is 2. The minimum absolute atomic E-state index is 0.217. The fourth-order valence-electron chi connectivity index (χ4n) is 2.73. The molecular weight excluding hydrogens is 254 g/mol. The summed E-state index contributed by atoms with van der Waals surface area (Å²) in [6.07, 6.45) is 1.92. The second-order valence-electron chi connectivity index (χ2n) is 5.60. The maximum absolute atomic E-state index is 10.9. The number of amides is 1. The average molecular weight is 277 g/mol. The van der Waals surface area contributed by atoms with Crippen LogP contribution in [0.5, 0.6) is 0 Å². The van der Waals surface area contributed by atoms with Crippen molar-refractivity contribution in [3.63, 3.8) is 0 Å². The van der Waals surface area contributed by atoms with Gasteiger partial charge < -0.3 is 21.5 Å². The number of likely N-dealkylation sites (tertiary alicyclic amines) is 1. The summed E-state index contributed by atoms with van der Waals surface area (Å²) < 4.78 is 0. The lowest BCUT2D eigenvalue weighted by atomic mass is 9.93. The van der Waals surface area contributed by atoms with Crippen LogP contribution in [0, 0.1) is 5.92 Å². The van der Waals surface area contributed by atoms with E-state index in [0.29, 0.717) is 24.6 Å². The van der Waals surface area contributed by atoms with Gasteiger partial charge in [0.1, 0.15) is 0 Å². The molecule has 1 aliphatic rings. The minimum Gasteiger partial charge on any atom is -0.399 e. The Morgan fingerprint density at radius 3 is 2.45 bits per heavy atom. The number of nitrogen functional groups attached to an aromatic ring is 1. The molecule has 5 heteroatoms. The zero-order chi connectivity index (χ0) is 14.5. The minimum atomic E-state index is -0.497. The van der Waals surface area contributed by atoms with Crippen molar-refractivity contribution in [2.45, 2.75) is 25.4 Å². The smallest absolute Gasteiger partial charge is 0.217 e. The van der Waals surface area contributed by atoms with E-state index < -0.39 is 6.10 Å². The molecule has 1 aromatic carbocycles. The largest absolute Gasteiger partial charge is 0.399 e. The van der Waals surface area contributed by atoms with Crippen molar-refractivity contribution in [2.75, 3.05) is 25.4 Å². The third-order valence-corrected chi connectivity index (χ3v) is 3.95. The third-order valence-electron chi connectivity index (χ3n) is 3.95. The van der Waals surface area contributed by atoms with Gasteiger partial charge >= 0.3 is 0 Å². The molecule has 1 amide bonds. The highest BCUT2D eigenvalue weighted by molar-refractivity contribution is 5.73. The number of piperidine rings is 1. The number of aliphatic hydroxyl groups is 1. The Morgan fingerprint density at radius 2 is 1.90 bits per heavy atom. The Morgan fingerprint density at radius 1 is 1.30 bits per heavy atom. The first kappa shape index (κ1) is 14.8. The summed E-state index contributed by atoms with van der Waals surface area (Å²) in [5.74, 6) is 0.183. The summed E-state index contributed by atoms with van der Waals surface area (Å²) in [4.78, 5) is 13.1. The number of β-amino-alcohol motifs (C(OH)–C–C–N with tert-alkyl or cyclic N) is 1. The van der Waals surface area contributed by atoms with Gasteiger partial charge in [0.2, 0.25) is 5.91 Å². The van der Waals surface area contributed by atoms with Gasteiger partial charge in [-0.3, -0.25) is 4.79 Å². The van der Waals surface area contributed by atoms with E-state index >= 15 is 0 Å². The summed E-state index contributed by atoms with van der Waals surface area (Å²) in [5, 5.41) is 10.2. The zero-order valence-electron chi connectivity index (χ0n) is 11.7. The second-order valence-corrected chi connectivity index (χ2v) is 5.60. The predicted molar refractivity (Wildman–Crippen MR) is 78.8 cm³/mol.